The van der Waals surface area contributed by atoms with Crippen molar-refractivity contribution in [2.24, 2.45) is 0 Å². The molecule has 2 amide bonds. The lowest BCUT2D eigenvalue weighted by molar-refractivity contribution is -0.125. The molecule has 0 saturated carbocycles. The van der Waals surface area contributed by atoms with Crippen LogP contribution in [0, 0.1) is 6.92 Å². The van der Waals surface area contributed by atoms with Crippen molar-refractivity contribution in [1.82, 2.24) is 14.5 Å². The van der Waals surface area contributed by atoms with Crippen molar-refractivity contribution in [2.75, 3.05) is 7.05 Å². The Balaban J connectivity index is 1.74. The van der Waals surface area contributed by atoms with Gasteiger partial charge in [0.25, 0.3) is 5.24 Å². The van der Waals surface area contributed by atoms with Crippen molar-refractivity contribution >= 4 is 45.1 Å². The smallest absolute Gasteiger partial charge is 0.289 e. The molecule has 0 bridgehead atoms. The van der Waals surface area contributed by atoms with Crippen LogP contribution in [0.1, 0.15) is 21.5 Å². The first kappa shape index (κ1) is 15.4. The van der Waals surface area contributed by atoms with Gasteiger partial charge in [0.1, 0.15) is 5.25 Å². The van der Waals surface area contributed by atoms with Crippen molar-refractivity contribution in [3.8, 4) is 0 Å². The lowest BCUT2D eigenvalue weighted by Crippen LogP contribution is -2.24. The molecular formula is C17H15N3O2S2. The summed E-state index contributed by atoms with van der Waals surface area (Å²) in [5, 5.41) is 3.48. The molecule has 1 atom stereocenters. The highest BCUT2D eigenvalue weighted by atomic mass is 32.2. The molecule has 1 aliphatic heterocycles. The number of thiazole rings is 1. The number of aryl methyl sites for hydroxylation is 1. The molecule has 1 unspecified atom stereocenters. The maximum absolute atomic E-state index is 12.3. The molecule has 1 aliphatic rings. The SMILES string of the molecule is Cc1nc(Cn2ccc3c(C4SC(=O)N(C)C4=O)cccc32)cs1. The van der Waals surface area contributed by atoms with E-state index in [9.17, 15) is 9.59 Å². The number of carbonyl (C=O) groups excluding carboxylic acids is 2. The summed E-state index contributed by atoms with van der Waals surface area (Å²) in [5.74, 6) is -0.152. The molecule has 0 N–H and O–H groups in total. The number of fused-ring (bicyclic) bond motifs is 1. The molecule has 122 valence electrons. The van der Waals surface area contributed by atoms with Gasteiger partial charge in [0.15, 0.2) is 0 Å². The van der Waals surface area contributed by atoms with Gasteiger partial charge in [-0.3, -0.25) is 14.5 Å². The molecular weight excluding hydrogens is 342 g/mol. The van der Waals surface area contributed by atoms with E-state index in [0.29, 0.717) is 6.54 Å². The highest BCUT2D eigenvalue weighted by molar-refractivity contribution is 8.15. The fraction of sp³-hybridized carbons (Fsp3) is 0.235. The second-order valence-electron chi connectivity index (χ2n) is 5.74. The quantitative estimate of drug-likeness (QED) is 0.715. The fourth-order valence-corrected chi connectivity index (χ4v) is 4.61. The zero-order valence-electron chi connectivity index (χ0n) is 13.2. The number of hydrogen-bond donors (Lipinski definition) is 0. The summed E-state index contributed by atoms with van der Waals surface area (Å²) in [4.78, 5) is 29.8. The van der Waals surface area contributed by atoms with E-state index in [0.717, 1.165) is 38.9 Å². The summed E-state index contributed by atoms with van der Waals surface area (Å²) in [7, 11) is 1.54. The van der Waals surface area contributed by atoms with Crippen LogP contribution in [0.25, 0.3) is 10.9 Å². The Labute approximate surface area is 147 Å². The third-order valence-corrected chi connectivity index (χ3v) is 6.17. The largest absolute Gasteiger partial charge is 0.341 e. The van der Waals surface area contributed by atoms with E-state index < -0.39 is 5.25 Å². The predicted molar refractivity (Wildman–Crippen MR) is 96.4 cm³/mol. The second-order valence-corrected chi connectivity index (χ2v) is 7.86. The van der Waals surface area contributed by atoms with E-state index >= 15 is 0 Å². The molecule has 3 heterocycles. The summed E-state index contributed by atoms with van der Waals surface area (Å²) in [5.41, 5.74) is 2.98. The molecule has 5 nitrogen and oxygen atoms in total. The third-order valence-electron chi connectivity index (χ3n) is 4.18. The van der Waals surface area contributed by atoms with E-state index in [1.807, 2.05) is 37.4 Å². The first-order valence-electron chi connectivity index (χ1n) is 7.51. The second kappa shape index (κ2) is 5.75. The monoisotopic (exact) mass is 357 g/mol. The number of imide groups is 1. The normalized spacial score (nSPS) is 18.1. The van der Waals surface area contributed by atoms with E-state index in [2.05, 4.69) is 14.9 Å². The van der Waals surface area contributed by atoms with Crippen LogP contribution >= 0.6 is 23.1 Å². The Kier molecular flexibility index (Phi) is 3.69. The average molecular weight is 357 g/mol. The number of hydrogen-bond acceptors (Lipinski definition) is 5. The molecule has 1 saturated heterocycles. The highest BCUT2D eigenvalue weighted by Gasteiger charge is 2.38. The van der Waals surface area contributed by atoms with E-state index in [4.69, 9.17) is 0 Å². The standard InChI is InChI=1S/C17H15N3O2S2/c1-10-18-11(9-23-10)8-20-7-6-12-13(4-3-5-14(12)20)15-16(21)19(2)17(22)24-15/h3-7,9,15H,8H2,1-2H3. The Morgan fingerprint density at radius 3 is 2.75 bits per heavy atom. The summed E-state index contributed by atoms with van der Waals surface area (Å²) in [6, 6.07) is 7.92. The molecule has 0 aliphatic carbocycles. The number of carbonyl (C=O) groups is 2. The predicted octanol–water partition coefficient (Wildman–Crippen LogP) is 3.82. The number of nitrogens with zero attached hydrogens (tertiary/aromatic N) is 3. The number of amides is 2. The van der Waals surface area contributed by atoms with Gasteiger partial charge in [-0.05, 0) is 36.4 Å². The van der Waals surface area contributed by atoms with Crippen molar-refractivity contribution in [2.45, 2.75) is 18.7 Å². The molecule has 24 heavy (non-hydrogen) atoms. The Bertz CT molecular complexity index is 960. The fourth-order valence-electron chi connectivity index (χ4n) is 2.96. The van der Waals surface area contributed by atoms with Crippen LogP contribution in [0.5, 0.6) is 0 Å². The first-order valence-corrected chi connectivity index (χ1v) is 9.27. The van der Waals surface area contributed by atoms with Gasteiger partial charge in [0.05, 0.1) is 17.2 Å². The van der Waals surface area contributed by atoms with Gasteiger partial charge in [-0.1, -0.05) is 12.1 Å². The van der Waals surface area contributed by atoms with Gasteiger partial charge in [0, 0.05) is 29.5 Å². The molecule has 1 aromatic carbocycles. The Morgan fingerprint density at radius 2 is 2.08 bits per heavy atom. The number of rotatable bonds is 3. The van der Waals surface area contributed by atoms with Crippen LogP contribution in [-0.4, -0.2) is 32.6 Å². The maximum Gasteiger partial charge on any atom is 0.289 e. The molecule has 7 heteroatoms. The van der Waals surface area contributed by atoms with Gasteiger partial charge in [-0.2, -0.15) is 0 Å². The molecule has 0 spiro atoms. The van der Waals surface area contributed by atoms with E-state index in [1.165, 1.54) is 11.9 Å². The number of likely N-dealkylation sites (N-methyl/N-ethyl adjacent to an activating group) is 1. The van der Waals surface area contributed by atoms with Gasteiger partial charge in [-0.25, -0.2) is 4.98 Å². The van der Waals surface area contributed by atoms with Crippen molar-refractivity contribution in [3.05, 3.63) is 52.1 Å². The highest BCUT2D eigenvalue weighted by Crippen LogP contribution is 2.41. The van der Waals surface area contributed by atoms with Gasteiger partial charge in [0.2, 0.25) is 5.91 Å². The Morgan fingerprint density at radius 1 is 1.25 bits per heavy atom. The summed E-state index contributed by atoms with van der Waals surface area (Å²) >= 11 is 2.72. The lowest BCUT2D eigenvalue weighted by Gasteiger charge is -2.10. The first-order chi connectivity index (χ1) is 11.5. The molecule has 3 aromatic rings. The molecule has 4 rings (SSSR count). The maximum atomic E-state index is 12.3. The number of thioether (sulfide) groups is 1. The lowest BCUT2D eigenvalue weighted by atomic mass is 10.1. The van der Waals surface area contributed by atoms with Gasteiger partial charge in [-0.15, -0.1) is 11.3 Å². The average Bonchev–Trinajstić information content (AvgIpc) is 3.23. The van der Waals surface area contributed by atoms with E-state index in [-0.39, 0.29) is 11.1 Å². The van der Waals surface area contributed by atoms with Crippen LogP contribution in [-0.2, 0) is 11.3 Å². The minimum atomic E-state index is -0.455. The van der Waals surface area contributed by atoms with E-state index in [1.54, 1.807) is 11.3 Å². The molecule has 0 radical (unpaired) electrons. The zero-order valence-corrected chi connectivity index (χ0v) is 14.9. The molecule has 2 aromatic heterocycles. The Hall–Kier alpha value is -2.12. The zero-order chi connectivity index (χ0) is 16.8. The van der Waals surface area contributed by atoms with Crippen LogP contribution in [0.3, 0.4) is 0 Å². The minimum absolute atomic E-state index is 0.152. The topological polar surface area (TPSA) is 55.2 Å². The van der Waals surface area contributed by atoms with Gasteiger partial charge < -0.3 is 4.57 Å². The van der Waals surface area contributed by atoms with Crippen LogP contribution in [0.2, 0.25) is 0 Å². The van der Waals surface area contributed by atoms with Crippen LogP contribution in [0.15, 0.2) is 35.8 Å². The van der Waals surface area contributed by atoms with Crippen molar-refractivity contribution in [3.63, 3.8) is 0 Å². The third kappa shape index (κ3) is 2.44. The number of benzene rings is 1. The van der Waals surface area contributed by atoms with Gasteiger partial charge >= 0.3 is 0 Å². The van der Waals surface area contributed by atoms with Crippen molar-refractivity contribution in [1.29, 1.82) is 0 Å². The van der Waals surface area contributed by atoms with Crippen LogP contribution < -0.4 is 0 Å². The summed E-state index contributed by atoms with van der Waals surface area (Å²) in [6.45, 7) is 2.69. The molecule has 1 fully saturated rings. The summed E-state index contributed by atoms with van der Waals surface area (Å²) in [6.07, 6.45) is 2.01. The van der Waals surface area contributed by atoms with Crippen molar-refractivity contribution < 1.29 is 9.59 Å². The number of aromatic nitrogens is 2. The summed E-state index contributed by atoms with van der Waals surface area (Å²) < 4.78 is 2.13. The van der Waals surface area contributed by atoms with Crippen LogP contribution in [0.4, 0.5) is 4.79 Å². The minimum Gasteiger partial charge on any atom is -0.341 e.